The second-order valence-electron chi connectivity index (χ2n) is 2.18. The van der Waals surface area contributed by atoms with Gasteiger partial charge in [-0.05, 0) is 13.0 Å². The molecule has 0 spiro atoms. The summed E-state index contributed by atoms with van der Waals surface area (Å²) in [5, 5.41) is 0.724. The Morgan fingerprint density at radius 2 is 2.23 bits per heavy atom. The van der Waals surface area contributed by atoms with Crippen molar-refractivity contribution in [2.75, 3.05) is 12.0 Å². The number of hydrogen-bond donors (Lipinski definition) is 2. The van der Waals surface area contributed by atoms with Gasteiger partial charge in [0.2, 0.25) is 5.88 Å². The van der Waals surface area contributed by atoms with Gasteiger partial charge in [-0.3, -0.25) is 0 Å². The van der Waals surface area contributed by atoms with Crippen LogP contribution in [-0.4, -0.2) is 11.6 Å². The summed E-state index contributed by atoms with van der Waals surface area (Å²) in [6, 6.07) is 1.52. The molecule has 1 aromatic rings. The van der Waals surface area contributed by atoms with Gasteiger partial charge < -0.3 is 10.2 Å². The maximum atomic E-state index is 5.80. The van der Waals surface area contributed by atoms with Gasteiger partial charge in [-0.1, -0.05) is 23.2 Å². The Hall–Kier alpha value is -0.710. The topological polar surface area (TPSA) is 60.2 Å². The molecule has 0 fully saturated rings. The van der Waals surface area contributed by atoms with Gasteiger partial charge in [0, 0.05) is 0 Å². The van der Waals surface area contributed by atoms with E-state index in [1.807, 2.05) is 6.92 Å². The molecule has 1 heterocycles. The monoisotopic (exact) mass is 221 g/mol. The summed E-state index contributed by atoms with van der Waals surface area (Å²) in [4.78, 5) is 3.96. The van der Waals surface area contributed by atoms with Crippen LogP contribution in [0.1, 0.15) is 6.92 Å². The Bertz CT molecular complexity index is 306. The summed E-state index contributed by atoms with van der Waals surface area (Å²) in [6.45, 7) is 2.32. The SMILES string of the molecule is CCOc1nc(NN)c(Cl)cc1Cl. The van der Waals surface area contributed by atoms with Crippen LogP contribution in [0.15, 0.2) is 6.07 Å². The molecule has 0 aliphatic rings. The largest absolute Gasteiger partial charge is 0.477 e. The zero-order valence-electron chi connectivity index (χ0n) is 6.97. The van der Waals surface area contributed by atoms with Crippen LogP contribution in [0.3, 0.4) is 0 Å². The Balaban J connectivity index is 3.06. The summed E-state index contributed by atoms with van der Waals surface area (Å²) in [5.74, 6) is 5.83. The Morgan fingerprint density at radius 1 is 1.54 bits per heavy atom. The van der Waals surface area contributed by atoms with Gasteiger partial charge in [0.15, 0.2) is 5.82 Å². The van der Waals surface area contributed by atoms with E-state index in [-0.39, 0.29) is 0 Å². The van der Waals surface area contributed by atoms with Crippen LogP contribution in [0.2, 0.25) is 10.0 Å². The molecule has 0 saturated heterocycles. The predicted molar refractivity (Wildman–Crippen MR) is 53.2 cm³/mol. The smallest absolute Gasteiger partial charge is 0.234 e. The highest BCUT2D eigenvalue weighted by molar-refractivity contribution is 6.36. The van der Waals surface area contributed by atoms with Crippen molar-refractivity contribution in [3.05, 3.63) is 16.1 Å². The molecule has 0 aliphatic carbocycles. The van der Waals surface area contributed by atoms with Crippen molar-refractivity contribution in [1.82, 2.24) is 4.98 Å². The van der Waals surface area contributed by atoms with Gasteiger partial charge in [-0.2, -0.15) is 4.98 Å². The third-order valence-corrected chi connectivity index (χ3v) is 1.87. The number of hydrogen-bond acceptors (Lipinski definition) is 4. The van der Waals surface area contributed by atoms with Gasteiger partial charge in [0.1, 0.15) is 5.02 Å². The molecule has 1 aromatic heterocycles. The van der Waals surface area contributed by atoms with E-state index in [0.717, 1.165) is 0 Å². The first-order valence-corrected chi connectivity index (χ1v) is 4.40. The fourth-order valence-corrected chi connectivity index (χ4v) is 1.26. The molecule has 0 aromatic carbocycles. The second kappa shape index (κ2) is 4.50. The molecule has 13 heavy (non-hydrogen) atoms. The third-order valence-electron chi connectivity index (χ3n) is 1.32. The fraction of sp³-hybridized carbons (Fsp3) is 0.286. The predicted octanol–water partition coefficient (Wildman–Crippen LogP) is 2.07. The maximum Gasteiger partial charge on any atom is 0.234 e. The van der Waals surface area contributed by atoms with Crippen molar-refractivity contribution in [3.63, 3.8) is 0 Å². The van der Waals surface area contributed by atoms with E-state index in [1.54, 1.807) is 0 Å². The van der Waals surface area contributed by atoms with Gasteiger partial charge in [0.25, 0.3) is 0 Å². The van der Waals surface area contributed by atoms with Crippen LogP contribution >= 0.6 is 23.2 Å². The number of nitrogens with two attached hydrogens (primary N) is 1. The highest BCUT2D eigenvalue weighted by atomic mass is 35.5. The Morgan fingerprint density at radius 3 is 2.77 bits per heavy atom. The fourth-order valence-electron chi connectivity index (χ4n) is 0.789. The van der Waals surface area contributed by atoms with E-state index < -0.39 is 0 Å². The van der Waals surface area contributed by atoms with Crippen LogP contribution in [-0.2, 0) is 0 Å². The number of hydrazine groups is 1. The van der Waals surface area contributed by atoms with E-state index in [0.29, 0.717) is 28.3 Å². The number of ether oxygens (including phenoxy) is 1. The number of nitrogen functional groups attached to an aromatic ring is 1. The molecule has 1 rings (SSSR count). The van der Waals surface area contributed by atoms with Crippen LogP contribution in [0.4, 0.5) is 5.82 Å². The van der Waals surface area contributed by atoms with E-state index >= 15 is 0 Å². The lowest BCUT2D eigenvalue weighted by Crippen LogP contribution is -2.10. The van der Waals surface area contributed by atoms with Crippen molar-refractivity contribution < 1.29 is 4.74 Å². The lowest BCUT2D eigenvalue weighted by molar-refractivity contribution is 0.327. The van der Waals surface area contributed by atoms with E-state index in [9.17, 15) is 0 Å². The molecule has 4 nitrogen and oxygen atoms in total. The number of halogens is 2. The number of rotatable bonds is 3. The summed E-state index contributed by atoms with van der Waals surface area (Å²) < 4.78 is 5.14. The van der Waals surface area contributed by atoms with Crippen molar-refractivity contribution in [1.29, 1.82) is 0 Å². The number of nitrogens with zero attached hydrogens (tertiary/aromatic N) is 1. The highest BCUT2D eigenvalue weighted by Crippen LogP contribution is 2.29. The molecule has 0 saturated carbocycles. The molecule has 72 valence electrons. The molecular formula is C7H9Cl2N3O. The first-order chi connectivity index (χ1) is 6.19. The minimum Gasteiger partial charge on any atom is -0.477 e. The molecule has 0 aliphatic heterocycles. The van der Waals surface area contributed by atoms with Crippen LogP contribution < -0.4 is 16.0 Å². The molecule has 3 N–H and O–H groups in total. The van der Waals surface area contributed by atoms with Crippen molar-refractivity contribution in [2.45, 2.75) is 6.92 Å². The zero-order chi connectivity index (χ0) is 9.84. The standard InChI is InChI=1S/C7H9Cl2N3O/c1-2-13-7-5(9)3-4(8)6(11-7)12-10/h3H,2,10H2,1H3,(H,11,12). The molecule has 6 heteroatoms. The zero-order valence-corrected chi connectivity index (χ0v) is 8.49. The summed E-state index contributed by atoms with van der Waals surface area (Å²) in [6.07, 6.45) is 0. The second-order valence-corrected chi connectivity index (χ2v) is 3.00. The van der Waals surface area contributed by atoms with Gasteiger partial charge in [-0.15, -0.1) is 0 Å². The Labute approximate surface area is 86.0 Å². The summed E-state index contributed by atoms with van der Waals surface area (Å²) >= 11 is 11.6. The molecule has 0 radical (unpaired) electrons. The van der Waals surface area contributed by atoms with Gasteiger partial charge in [0.05, 0.1) is 11.6 Å². The van der Waals surface area contributed by atoms with Crippen molar-refractivity contribution >= 4 is 29.0 Å². The lowest BCUT2D eigenvalue weighted by atomic mass is 10.4. The molecule has 0 bridgehead atoms. The van der Waals surface area contributed by atoms with Gasteiger partial charge >= 0.3 is 0 Å². The third kappa shape index (κ3) is 2.37. The highest BCUT2D eigenvalue weighted by Gasteiger charge is 2.08. The lowest BCUT2D eigenvalue weighted by Gasteiger charge is -2.07. The summed E-state index contributed by atoms with van der Waals surface area (Å²) in [5.41, 5.74) is 2.34. The van der Waals surface area contributed by atoms with E-state index in [2.05, 4.69) is 10.4 Å². The average molecular weight is 222 g/mol. The Kier molecular flexibility index (Phi) is 3.59. The van der Waals surface area contributed by atoms with Crippen LogP contribution in [0, 0.1) is 0 Å². The molecular weight excluding hydrogens is 213 g/mol. The first kappa shape index (κ1) is 10.4. The summed E-state index contributed by atoms with van der Waals surface area (Å²) in [7, 11) is 0. The first-order valence-electron chi connectivity index (χ1n) is 3.64. The number of pyridine rings is 1. The quantitative estimate of drug-likeness (QED) is 0.607. The maximum absolute atomic E-state index is 5.80. The number of nitrogens with one attached hydrogen (secondary N) is 1. The average Bonchev–Trinajstić information content (AvgIpc) is 2.10. The van der Waals surface area contributed by atoms with E-state index in [4.69, 9.17) is 33.8 Å². The molecule has 0 atom stereocenters. The van der Waals surface area contributed by atoms with Crippen molar-refractivity contribution in [3.8, 4) is 5.88 Å². The number of aromatic nitrogens is 1. The van der Waals surface area contributed by atoms with Gasteiger partial charge in [-0.25, -0.2) is 5.84 Å². The normalized spacial score (nSPS) is 9.85. The minimum atomic E-state index is 0.321. The minimum absolute atomic E-state index is 0.321. The van der Waals surface area contributed by atoms with Crippen molar-refractivity contribution in [2.24, 2.45) is 5.84 Å². The molecule has 0 amide bonds. The number of anilines is 1. The van der Waals surface area contributed by atoms with E-state index in [1.165, 1.54) is 6.07 Å². The molecule has 0 unspecified atom stereocenters. The van der Waals surface area contributed by atoms with Crippen LogP contribution in [0.5, 0.6) is 5.88 Å². The van der Waals surface area contributed by atoms with Crippen LogP contribution in [0.25, 0.3) is 0 Å².